The number of hydrogen-bond acceptors (Lipinski definition) is 6. The number of ether oxygens (including phenoxy) is 2. The molecule has 1 heterocycles. The van der Waals surface area contributed by atoms with Crippen LogP contribution in [0.1, 0.15) is 24.2 Å². The van der Waals surface area contributed by atoms with Gasteiger partial charge in [-0.25, -0.2) is 9.97 Å². The van der Waals surface area contributed by atoms with Crippen molar-refractivity contribution >= 4 is 23.2 Å². The third-order valence-corrected chi connectivity index (χ3v) is 3.74. The van der Waals surface area contributed by atoms with E-state index in [4.69, 9.17) is 9.47 Å². The van der Waals surface area contributed by atoms with Crippen molar-refractivity contribution in [3.05, 3.63) is 66.5 Å². The van der Waals surface area contributed by atoms with Gasteiger partial charge in [-0.05, 0) is 62.4 Å². The smallest absolute Gasteiger partial charge is 0.258 e. The quantitative estimate of drug-likeness (QED) is 0.639. The number of rotatable bonds is 7. The van der Waals surface area contributed by atoms with Gasteiger partial charge in [-0.15, -0.1) is 0 Å². The molecule has 7 heteroatoms. The number of carbonyl (C=O) groups excluding carboxylic acids is 1. The lowest BCUT2D eigenvalue weighted by molar-refractivity contribution is 0.102. The van der Waals surface area contributed by atoms with Crippen molar-refractivity contribution in [2.45, 2.75) is 20.0 Å². The average Bonchev–Trinajstić information content (AvgIpc) is 2.70. The highest BCUT2D eigenvalue weighted by atomic mass is 16.5. The number of nitrogens with one attached hydrogen (secondary N) is 2. The molecule has 28 heavy (non-hydrogen) atoms. The van der Waals surface area contributed by atoms with Crippen molar-refractivity contribution in [2.75, 3.05) is 17.7 Å². The van der Waals surface area contributed by atoms with Crippen LogP contribution in [0.5, 0.6) is 11.5 Å². The first-order chi connectivity index (χ1) is 13.5. The maximum atomic E-state index is 12.4. The first-order valence-corrected chi connectivity index (χ1v) is 8.84. The van der Waals surface area contributed by atoms with Crippen LogP contribution in [0.25, 0.3) is 0 Å². The number of nitrogens with zero attached hydrogens (tertiary/aromatic N) is 2. The summed E-state index contributed by atoms with van der Waals surface area (Å²) in [5.41, 5.74) is 1.85. The van der Waals surface area contributed by atoms with Crippen molar-refractivity contribution in [3.63, 3.8) is 0 Å². The van der Waals surface area contributed by atoms with E-state index in [1.807, 2.05) is 50.2 Å². The molecule has 0 unspecified atom stereocenters. The van der Waals surface area contributed by atoms with Crippen LogP contribution in [-0.4, -0.2) is 29.1 Å². The molecule has 2 aromatic carbocycles. The number of aromatic nitrogens is 2. The lowest BCUT2D eigenvalue weighted by Gasteiger charge is -2.10. The predicted octanol–water partition coefficient (Wildman–Crippen LogP) is 4.27. The fourth-order valence-corrected chi connectivity index (χ4v) is 2.41. The van der Waals surface area contributed by atoms with Gasteiger partial charge in [0.1, 0.15) is 11.5 Å². The summed E-state index contributed by atoms with van der Waals surface area (Å²) in [6.07, 6.45) is 3.05. The van der Waals surface area contributed by atoms with Gasteiger partial charge in [0.25, 0.3) is 5.91 Å². The summed E-state index contributed by atoms with van der Waals surface area (Å²) < 4.78 is 10.7. The van der Waals surface area contributed by atoms with E-state index in [1.54, 1.807) is 19.2 Å². The van der Waals surface area contributed by atoms with Crippen molar-refractivity contribution in [1.82, 2.24) is 9.97 Å². The third-order valence-electron chi connectivity index (χ3n) is 3.74. The molecule has 0 aliphatic rings. The molecule has 0 atom stereocenters. The largest absolute Gasteiger partial charge is 0.497 e. The normalized spacial score (nSPS) is 10.4. The zero-order valence-corrected chi connectivity index (χ0v) is 16.0. The third kappa shape index (κ3) is 5.20. The zero-order chi connectivity index (χ0) is 19.9. The Hall–Kier alpha value is -3.61. The maximum absolute atomic E-state index is 12.4. The molecule has 144 valence electrons. The van der Waals surface area contributed by atoms with Crippen LogP contribution >= 0.6 is 0 Å². The summed E-state index contributed by atoms with van der Waals surface area (Å²) in [5.74, 6) is 1.64. The van der Waals surface area contributed by atoms with Crippen LogP contribution in [0.2, 0.25) is 0 Å². The highest BCUT2D eigenvalue weighted by molar-refractivity contribution is 6.03. The molecule has 3 rings (SSSR count). The van der Waals surface area contributed by atoms with Crippen LogP contribution in [0.15, 0.2) is 60.9 Å². The van der Waals surface area contributed by atoms with Crippen LogP contribution in [0, 0.1) is 0 Å². The predicted molar refractivity (Wildman–Crippen MR) is 108 cm³/mol. The maximum Gasteiger partial charge on any atom is 0.258 e. The number of hydrogen-bond donors (Lipinski definition) is 2. The SMILES string of the molecule is COc1ccc(Nc2ncc(C(=O)Nc3ccc(OC(C)C)cc3)cn2)cc1. The second-order valence-electron chi connectivity index (χ2n) is 6.29. The Bertz CT molecular complexity index is 908. The fraction of sp³-hybridized carbons (Fsp3) is 0.190. The van der Waals surface area contributed by atoms with Gasteiger partial charge in [-0.3, -0.25) is 4.79 Å². The molecule has 0 aliphatic carbocycles. The second kappa shape index (κ2) is 8.85. The Labute approximate surface area is 163 Å². The van der Waals surface area contributed by atoms with Gasteiger partial charge < -0.3 is 20.1 Å². The molecule has 0 spiro atoms. The number of benzene rings is 2. The van der Waals surface area contributed by atoms with Crippen LogP contribution in [0.4, 0.5) is 17.3 Å². The number of anilines is 3. The van der Waals surface area contributed by atoms with Crippen molar-refractivity contribution in [1.29, 1.82) is 0 Å². The van der Waals surface area contributed by atoms with E-state index in [-0.39, 0.29) is 12.0 Å². The summed E-state index contributed by atoms with van der Waals surface area (Å²) in [4.78, 5) is 20.7. The van der Waals surface area contributed by atoms with E-state index in [0.29, 0.717) is 17.2 Å². The van der Waals surface area contributed by atoms with Gasteiger partial charge >= 0.3 is 0 Å². The molecule has 0 saturated heterocycles. The Kier molecular flexibility index (Phi) is 6.06. The lowest BCUT2D eigenvalue weighted by atomic mass is 10.2. The topological polar surface area (TPSA) is 85.4 Å². The number of carbonyl (C=O) groups is 1. The molecular formula is C21H22N4O3. The van der Waals surface area contributed by atoms with E-state index in [0.717, 1.165) is 17.2 Å². The molecule has 0 fully saturated rings. The Balaban J connectivity index is 1.59. The van der Waals surface area contributed by atoms with E-state index < -0.39 is 0 Å². The molecule has 1 amide bonds. The molecule has 0 bridgehead atoms. The lowest BCUT2D eigenvalue weighted by Crippen LogP contribution is -2.13. The van der Waals surface area contributed by atoms with Gasteiger partial charge in [-0.2, -0.15) is 0 Å². The van der Waals surface area contributed by atoms with E-state index in [2.05, 4.69) is 20.6 Å². The molecule has 1 aromatic heterocycles. The Morgan fingerprint density at radius 1 is 0.893 bits per heavy atom. The van der Waals surface area contributed by atoms with E-state index in [9.17, 15) is 4.79 Å². The minimum atomic E-state index is -0.284. The standard InChI is InChI=1S/C21H22N4O3/c1-14(2)28-19-10-6-16(7-11-19)24-20(26)15-12-22-21(23-13-15)25-17-4-8-18(27-3)9-5-17/h4-14H,1-3H3,(H,24,26)(H,22,23,25). The molecule has 0 saturated carbocycles. The summed E-state index contributed by atoms with van der Waals surface area (Å²) >= 11 is 0. The first-order valence-electron chi connectivity index (χ1n) is 8.84. The minimum absolute atomic E-state index is 0.0997. The van der Waals surface area contributed by atoms with Crippen molar-refractivity contribution in [3.8, 4) is 11.5 Å². The molecule has 2 N–H and O–H groups in total. The fourth-order valence-electron chi connectivity index (χ4n) is 2.41. The van der Waals surface area contributed by atoms with Crippen molar-refractivity contribution in [2.24, 2.45) is 0 Å². The Morgan fingerprint density at radius 3 is 2.04 bits per heavy atom. The summed E-state index contributed by atoms with van der Waals surface area (Å²) in [7, 11) is 1.61. The van der Waals surface area contributed by atoms with Crippen LogP contribution < -0.4 is 20.1 Å². The highest BCUT2D eigenvalue weighted by Crippen LogP contribution is 2.19. The molecule has 7 nitrogen and oxygen atoms in total. The monoisotopic (exact) mass is 378 g/mol. The Morgan fingerprint density at radius 2 is 1.46 bits per heavy atom. The number of methoxy groups -OCH3 is 1. The summed E-state index contributed by atoms with van der Waals surface area (Å²) in [6, 6.07) is 14.6. The van der Waals surface area contributed by atoms with Crippen LogP contribution in [-0.2, 0) is 0 Å². The van der Waals surface area contributed by atoms with E-state index >= 15 is 0 Å². The van der Waals surface area contributed by atoms with Crippen molar-refractivity contribution < 1.29 is 14.3 Å². The highest BCUT2D eigenvalue weighted by Gasteiger charge is 2.08. The zero-order valence-electron chi connectivity index (χ0n) is 16.0. The first kappa shape index (κ1) is 19.2. The second-order valence-corrected chi connectivity index (χ2v) is 6.29. The van der Waals surface area contributed by atoms with Gasteiger partial charge in [0.05, 0.1) is 18.8 Å². The van der Waals surface area contributed by atoms with Gasteiger partial charge in [0.2, 0.25) is 5.95 Å². The molecule has 3 aromatic rings. The molecule has 0 radical (unpaired) electrons. The molecular weight excluding hydrogens is 356 g/mol. The number of amides is 1. The summed E-state index contributed by atoms with van der Waals surface area (Å²) in [5, 5.41) is 5.88. The van der Waals surface area contributed by atoms with Crippen LogP contribution in [0.3, 0.4) is 0 Å². The molecule has 0 aliphatic heterocycles. The average molecular weight is 378 g/mol. The minimum Gasteiger partial charge on any atom is -0.497 e. The van der Waals surface area contributed by atoms with Gasteiger partial charge in [0, 0.05) is 23.8 Å². The van der Waals surface area contributed by atoms with Gasteiger partial charge in [-0.1, -0.05) is 0 Å². The van der Waals surface area contributed by atoms with Gasteiger partial charge in [0.15, 0.2) is 0 Å². The van der Waals surface area contributed by atoms with E-state index in [1.165, 1.54) is 12.4 Å². The summed E-state index contributed by atoms with van der Waals surface area (Å²) in [6.45, 7) is 3.92.